The molecule has 1 unspecified atom stereocenters. The lowest BCUT2D eigenvalue weighted by Gasteiger charge is -2.35. The van der Waals surface area contributed by atoms with Crippen molar-refractivity contribution in [2.45, 2.75) is 65.0 Å². The van der Waals surface area contributed by atoms with Gasteiger partial charge in [-0.15, -0.1) is 0 Å². The van der Waals surface area contributed by atoms with Crippen molar-refractivity contribution in [3.63, 3.8) is 0 Å². The largest absolute Gasteiger partial charge is 0.313 e. The first kappa shape index (κ1) is 14.0. The van der Waals surface area contributed by atoms with Crippen molar-refractivity contribution in [3.05, 3.63) is 0 Å². The van der Waals surface area contributed by atoms with Crippen LogP contribution in [0, 0.1) is 5.92 Å². The number of nitrogens with one attached hydrogen (secondary N) is 1. The zero-order valence-corrected chi connectivity index (χ0v) is 11.6. The van der Waals surface area contributed by atoms with E-state index >= 15 is 0 Å². The van der Waals surface area contributed by atoms with Gasteiger partial charge in [-0.2, -0.15) is 0 Å². The highest BCUT2D eigenvalue weighted by atomic mass is 15.1. The molecule has 0 radical (unpaired) electrons. The number of nitrogens with zero attached hydrogens (tertiary/aromatic N) is 1. The van der Waals surface area contributed by atoms with Gasteiger partial charge in [0.25, 0.3) is 0 Å². The summed E-state index contributed by atoms with van der Waals surface area (Å²) in [6, 6.07) is 1.36. The van der Waals surface area contributed by atoms with Gasteiger partial charge in [0.2, 0.25) is 0 Å². The Balaban J connectivity index is 2.44. The first-order valence-corrected chi connectivity index (χ1v) is 7.08. The molecule has 96 valence electrons. The minimum absolute atomic E-state index is 0.657. The zero-order valence-electron chi connectivity index (χ0n) is 11.6. The quantitative estimate of drug-likeness (QED) is 0.749. The minimum atomic E-state index is 0.657. The van der Waals surface area contributed by atoms with E-state index in [-0.39, 0.29) is 0 Å². The molecule has 1 rings (SSSR count). The summed E-state index contributed by atoms with van der Waals surface area (Å²) < 4.78 is 0. The Bertz CT molecular complexity index is 174. The number of rotatable bonds is 6. The maximum Gasteiger partial charge on any atom is 0.0223 e. The van der Waals surface area contributed by atoms with Crippen LogP contribution in [0.1, 0.15) is 52.9 Å². The highest BCUT2D eigenvalue weighted by Gasteiger charge is 2.24. The van der Waals surface area contributed by atoms with Crippen LogP contribution < -0.4 is 5.32 Å². The predicted molar refractivity (Wildman–Crippen MR) is 71.8 cm³/mol. The van der Waals surface area contributed by atoms with Gasteiger partial charge < -0.3 is 10.2 Å². The molecule has 0 saturated heterocycles. The van der Waals surface area contributed by atoms with E-state index in [0.717, 1.165) is 12.5 Å². The highest BCUT2D eigenvalue weighted by Crippen LogP contribution is 2.26. The van der Waals surface area contributed by atoms with Crippen LogP contribution in [-0.2, 0) is 0 Å². The van der Waals surface area contributed by atoms with Crippen LogP contribution >= 0.6 is 0 Å². The third-order valence-electron chi connectivity index (χ3n) is 4.05. The molecule has 0 spiro atoms. The monoisotopic (exact) mass is 226 g/mol. The standard InChI is InChI=1S/C14H30N2/c1-5-15-14(11-16(4)12(2)3)13-9-7-6-8-10-13/h12-15H,5-11H2,1-4H3. The molecule has 1 saturated carbocycles. The van der Waals surface area contributed by atoms with E-state index in [4.69, 9.17) is 0 Å². The van der Waals surface area contributed by atoms with Crippen LogP contribution in [0.5, 0.6) is 0 Å². The Hall–Kier alpha value is -0.0800. The second-order valence-electron chi connectivity index (χ2n) is 5.60. The van der Waals surface area contributed by atoms with Gasteiger partial charge in [0.05, 0.1) is 0 Å². The molecular formula is C14H30N2. The Morgan fingerprint density at radius 3 is 2.31 bits per heavy atom. The molecular weight excluding hydrogens is 196 g/mol. The summed E-state index contributed by atoms with van der Waals surface area (Å²) in [4.78, 5) is 2.47. The molecule has 2 heteroatoms. The van der Waals surface area contributed by atoms with Crippen molar-refractivity contribution in [1.82, 2.24) is 10.2 Å². The Kier molecular flexibility index (Phi) is 6.37. The van der Waals surface area contributed by atoms with Gasteiger partial charge in [0, 0.05) is 18.6 Å². The molecule has 1 aliphatic carbocycles. The number of hydrogen-bond acceptors (Lipinski definition) is 2. The van der Waals surface area contributed by atoms with E-state index in [1.54, 1.807) is 0 Å². The summed E-state index contributed by atoms with van der Waals surface area (Å²) in [6.07, 6.45) is 7.21. The second kappa shape index (κ2) is 7.29. The molecule has 0 amide bonds. The van der Waals surface area contributed by atoms with Crippen molar-refractivity contribution >= 4 is 0 Å². The Morgan fingerprint density at radius 1 is 1.19 bits per heavy atom. The van der Waals surface area contributed by atoms with Gasteiger partial charge in [-0.1, -0.05) is 26.2 Å². The second-order valence-corrected chi connectivity index (χ2v) is 5.60. The molecule has 0 heterocycles. The van der Waals surface area contributed by atoms with E-state index in [1.807, 2.05) is 0 Å². The van der Waals surface area contributed by atoms with Crippen LogP contribution in [0.2, 0.25) is 0 Å². The molecule has 1 fully saturated rings. The normalized spacial score (nSPS) is 20.6. The van der Waals surface area contributed by atoms with E-state index in [1.165, 1.54) is 38.6 Å². The first-order chi connectivity index (χ1) is 7.65. The van der Waals surface area contributed by atoms with E-state index < -0.39 is 0 Å². The van der Waals surface area contributed by atoms with Crippen molar-refractivity contribution in [3.8, 4) is 0 Å². The SMILES string of the molecule is CCNC(CN(C)C(C)C)C1CCCCC1. The van der Waals surface area contributed by atoms with Crippen molar-refractivity contribution < 1.29 is 0 Å². The van der Waals surface area contributed by atoms with E-state index in [2.05, 4.69) is 38.0 Å². The molecule has 0 aromatic carbocycles. The van der Waals surface area contributed by atoms with Gasteiger partial charge >= 0.3 is 0 Å². The van der Waals surface area contributed by atoms with Crippen LogP contribution in [0.15, 0.2) is 0 Å². The minimum Gasteiger partial charge on any atom is -0.313 e. The molecule has 16 heavy (non-hydrogen) atoms. The van der Waals surface area contributed by atoms with Crippen LogP contribution in [0.4, 0.5) is 0 Å². The van der Waals surface area contributed by atoms with Crippen molar-refractivity contribution in [2.75, 3.05) is 20.1 Å². The van der Waals surface area contributed by atoms with Crippen molar-refractivity contribution in [2.24, 2.45) is 5.92 Å². The maximum absolute atomic E-state index is 3.70. The lowest BCUT2D eigenvalue weighted by molar-refractivity contribution is 0.184. The molecule has 1 N–H and O–H groups in total. The van der Waals surface area contributed by atoms with Gasteiger partial charge in [0.15, 0.2) is 0 Å². The average molecular weight is 226 g/mol. The summed E-state index contributed by atoms with van der Waals surface area (Å²) in [6.45, 7) is 9.10. The lowest BCUT2D eigenvalue weighted by Crippen LogP contribution is -2.46. The van der Waals surface area contributed by atoms with E-state index in [9.17, 15) is 0 Å². The number of hydrogen-bond donors (Lipinski definition) is 1. The summed E-state index contributed by atoms with van der Waals surface area (Å²) in [5.74, 6) is 0.912. The molecule has 0 aromatic rings. The number of likely N-dealkylation sites (N-methyl/N-ethyl adjacent to an activating group) is 2. The highest BCUT2D eigenvalue weighted by molar-refractivity contribution is 4.81. The third-order valence-corrected chi connectivity index (χ3v) is 4.05. The average Bonchev–Trinajstić information content (AvgIpc) is 2.29. The maximum atomic E-state index is 3.70. The lowest BCUT2D eigenvalue weighted by atomic mass is 9.83. The fourth-order valence-electron chi connectivity index (χ4n) is 2.70. The smallest absolute Gasteiger partial charge is 0.0223 e. The first-order valence-electron chi connectivity index (χ1n) is 7.08. The predicted octanol–water partition coefficient (Wildman–Crippen LogP) is 2.89. The van der Waals surface area contributed by atoms with Crippen LogP contribution in [-0.4, -0.2) is 37.1 Å². The molecule has 2 nitrogen and oxygen atoms in total. The Labute approximate surface area is 102 Å². The summed E-state index contributed by atoms with van der Waals surface area (Å²) >= 11 is 0. The molecule has 0 aliphatic heterocycles. The van der Waals surface area contributed by atoms with Crippen LogP contribution in [0.3, 0.4) is 0 Å². The molecule has 1 aliphatic rings. The topological polar surface area (TPSA) is 15.3 Å². The molecule has 0 bridgehead atoms. The summed E-state index contributed by atoms with van der Waals surface area (Å²) in [5.41, 5.74) is 0. The summed E-state index contributed by atoms with van der Waals surface area (Å²) in [7, 11) is 2.25. The Morgan fingerprint density at radius 2 is 1.81 bits per heavy atom. The van der Waals surface area contributed by atoms with Crippen molar-refractivity contribution in [1.29, 1.82) is 0 Å². The fourth-order valence-corrected chi connectivity index (χ4v) is 2.70. The third kappa shape index (κ3) is 4.42. The summed E-state index contributed by atoms with van der Waals surface area (Å²) in [5, 5.41) is 3.70. The van der Waals surface area contributed by atoms with Gasteiger partial charge in [0.1, 0.15) is 0 Å². The zero-order chi connectivity index (χ0) is 12.0. The van der Waals surface area contributed by atoms with Crippen LogP contribution in [0.25, 0.3) is 0 Å². The van der Waals surface area contributed by atoms with Gasteiger partial charge in [-0.3, -0.25) is 0 Å². The molecule has 0 aromatic heterocycles. The van der Waals surface area contributed by atoms with Gasteiger partial charge in [-0.25, -0.2) is 0 Å². The molecule has 1 atom stereocenters. The fraction of sp³-hybridized carbons (Fsp3) is 1.00. The van der Waals surface area contributed by atoms with E-state index in [0.29, 0.717) is 12.1 Å². The van der Waals surface area contributed by atoms with Gasteiger partial charge in [-0.05, 0) is 46.2 Å².